The Hall–Kier alpha value is -3.94. The van der Waals surface area contributed by atoms with Gasteiger partial charge in [-0.15, -0.1) is 10.2 Å². The summed E-state index contributed by atoms with van der Waals surface area (Å²) in [4.78, 5) is 24.9. The first-order valence-electron chi connectivity index (χ1n) is 9.95. The van der Waals surface area contributed by atoms with Gasteiger partial charge in [-0.05, 0) is 37.1 Å². The van der Waals surface area contributed by atoms with Crippen LogP contribution in [0.4, 0.5) is 0 Å². The fourth-order valence-corrected chi connectivity index (χ4v) is 3.30. The molecule has 0 aliphatic carbocycles. The van der Waals surface area contributed by atoms with Gasteiger partial charge in [0.1, 0.15) is 29.5 Å². The van der Waals surface area contributed by atoms with E-state index in [0.29, 0.717) is 34.5 Å². The van der Waals surface area contributed by atoms with Crippen LogP contribution in [0.3, 0.4) is 0 Å². The van der Waals surface area contributed by atoms with Gasteiger partial charge in [-0.3, -0.25) is 9.36 Å². The maximum absolute atomic E-state index is 13.3. The number of hydrogen-bond acceptors (Lipinski definition) is 7. The molecule has 8 nitrogen and oxygen atoms in total. The molecule has 2 heterocycles. The van der Waals surface area contributed by atoms with Gasteiger partial charge in [0, 0.05) is 11.8 Å². The lowest BCUT2D eigenvalue weighted by molar-refractivity contribution is -0.145. The molecule has 0 aliphatic rings. The minimum absolute atomic E-state index is 0.213. The Morgan fingerprint density at radius 3 is 2.71 bits per heavy atom. The molecule has 31 heavy (non-hydrogen) atoms. The Kier molecular flexibility index (Phi) is 5.79. The van der Waals surface area contributed by atoms with Crippen LogP contribution in [0.2, 0.25) is 0 Å². The molecule has 2 aromatic carbocycles. The topological polar surface area (TPSA) is 96.4 Å². The van der Waals surface area contributed by atoms with Gasteiger partial charge in [-0.2, -0.15) is 0 Å². The lowest BCUT2D eigenvalue weighted by Crippen LogP contribution is -2.15. The summed E-state index contributed by atoms with van der Waals surface area (Å²) in [6.45, 7) is 3.74. The molecular weight excluding hydrogens is 398 g/mol. The normalized spacial score (nSPS) is 10.9. The second-order valence-electron chi connectivity index (χ2n) is 6.74. The standard InChI is InChI=1S/C23H21N3O5/c1-3-15-10-17-20(11-19(15)31-13-21(27)29-4-2)30-12-18(22(17)28)23-25-24-14-26(23)16-8-6-5-7-9-16/h5-12,14H,3-4,13H2,1-2H3. The van der Waals surface area contributed by atoms with Crippen LogP contribution in [-0.4, -0.2) is 33.9 Å². The summed E-state index contributed by atoms with van der Waals surface area (Å²) < 4.78 is 18.0. The average Bonchev–Trinajstić information content (AvgIpc) is 3.28. The van der Waals surface area contributed by atoms with E-state index in [-0.39, 0.29) is 18.6 Å². The van der Waals surface area contributed by atoms with Crippen molar-refractivity contribution < 1.29 is 18.7 Å². The largest absolute Gasteiger partial charge is 0.481 e. The Balaban J connectivity index is 1.75. The van der Waals surface area contributed by atoms with E-state index in [2.05, 4.69) is 10.2 Å². The van der Waals surface area contributed by atoms with Crippen molar-refractivity contribution in [2.75, 3.05) is 13.2 Å². The number of carbonyl (C=O) groups is 1. The maximum Gasteiger partial charge on any atom is 0.344 e. The molecule has 0 bridgehead atoms. The summed E-state index contributed by atoms with van der Waals surface area (Å²) in [6, 6.07) is 12.9. The molecule has 0 fully saturated rings. The quantitative estimate of drug-likeness (QED) is 0.423. The highest BCUT2D eigenvalue weighted by Crippen LogP contribution is 2.27. The number of aromatic nitrogens is 3. The van der Waals surface area contributed by atoms with Crippen molar-refractivity contribution in [2.45, 2.75) is 20.3 Å². The van der Waals surface area contributed by atoms with Crippen LogP contribution in [0.1, 0.15) is 19.4 Å². The summed E-state index contributed by atoms with van der Waals surface area (Å²) >= 11 is 0. The molecule has 0 atom stereocenters. The van der Waals surface area contributed by atoms with Crippen molar-refractivity contribution in [1.82, 2.24) is 14.8 Å². The average molecular weight is 419 g/mol. The van der Waals surface area contributed by atoms with E-state index in [9.17, 15) is 9.59 Å². The molecule has 158 valence electrons. The van der Waals surface area contributed by atoms with E-state index < -0.39 is 5.97 Å². The van der Waals surface area contributed by atoms with E-state index in [4.69, 9.17) is 13.9 Å². The van der Waals surface area contributed by atoms with Crippen molar-refractivity contribution >= 4 is 16.9 Å². The minimum atomic E-state index is -0.457. The molecule has 2 aromatic heterocycles. The third-order valence-corrected chi connectivity index (χ3v) is 4.81. The summed E-state index contributed by atoms with van der Waals surface area (Å²) in [7, 11) is 0. The Bertz CT molecular complexity index is 1280. The van der Waals surface area contributed by atoms with Crippen LogP contribution in [0.15, 0.2) is 64.3 Å². The molecule has 8 heteroatoms. The molecule has 4 rings (SSSR count). The van der Waals surface area contributed by atoms with Crippen molar-refractivity contribution in [3.63, 3.8) is 0 Å². The molecule has 0 amide bonds. The SMILES string of the molecule is CCOC(=O)COc1cc2occ(-c3nncn3-c3ccccc3)c(=O)c2cc1CC. The van der Waals surface area contributed by atoms with E-state index in [1.165, 1.54) is 6.26 Å². The maximum atomic E-state index is 13.3. The van der Waals surface area contributed by atoms with Crippen LogP contribution >= 0.6 is 0 Å². The van der Waals surface area contributed by atoms with Crippen molar-refractivity contribution in [3.05, 3.63) is 70.8 Å². The highest BCUT2D eigenvalue weighted by Gasteiger charge is 2.18. The first-order chi connectivity index (χ1) is 15.1. The Labute approximate surface area is 178 Å². The Morgan fingerprint density at radius 1 is 1.16 bits per heavy atom. The number of fused-ring (bicyclic) bond motifs is 1. The van der Waals surface area contributed by atoms with Gasteiger partial charge >= 0.3 is 5.97 Å². The molecular formula is C23H21N3O5. The van der Waals surface area contributed by atoms with Gasteiger partial charge in [0.2, 0.25) is 5.43 Å². The molecule has 0 N–H and O–H groups in total. The van der Waals surface area contributed by atoms with Crippen molar-refractivity contribution in [2.24, 2.45) is 0 Å². The zero-order valence-corrected chi connectivity index (χ0v) is 17.2. The first kappa shape index (κ1) is 20.3. The summed E-state index contributed by atoms with van der Waals surface area (Å²) in [6.07, 6.45) is 3.53. The fourth-order valence-electron chi connectivity index (χ4n) is 3.30. The number of ether oxygens (including phenoxy) is 2. The molecule has 4 aromatic rings. The minimum Gasteiger partial charge on any atom is -0.481 e. The number of aryl methyl sites for hydroxylation is 1. The lowest BCUT2D eigenvalue weighted by atomic mass is 10.1. The first-order valence-corrected chi connectivity index (χ1v) is 9.95. The highest BCUT2D eigenvalue weighted by atomic mass is 16.6. The van der Waals surface area contributed by atoms with Gasteiger partial charge in [0.25, 0.3) is 0 Å². The molecule has 0 saturated heterocycles. The molecule has 0 aliphatic heterocycles. The predicted octanol–water partition coefficient (Wildman–Crippen LogP) is 3.55. The summed E-state index contributed by atoms with van der Waals surface area (Å²) in [5.74, 6) is 0.413. The second-order valence-corrected chi connectivity index (χ2v) is 6.74. The van der Waals surface area contributed by atoms with Crippen LogP contribution in [-0.2, 0) is 16.0 Å². The Morgan fingerprint density at radius 2 is 1.97 bits per heavy atom. The molecule has 0 saturated carbocycles. The third-order valence-electron chi connectivity index (χ3n) is 4.81. The van der Waals surface area contributed by atoms with Gasteiger partial charge in [-0.1, -0.05) is 25.1 Å². The van der Waals surface area contributed by atoms with Gasteiger partial charge < -0.3 is 13.9 Å². The zero-order valence-electron chi connectivity index (χ0n) is 17.2. The van der Waals surface area contributed by atoms with Gasteiger partial charge in [-0.25, -0.2) is 4.79 Å². The molecule has 0 radical (unpaired) electrons. The van der Waals surface area contributed by atoms with Crippen molar-refractivity contribution in [1.29, 1.82) is 0 Å². The second kappa shape index (κ2) is 8.83. The van der Waals surface area contributed by atoms with E-state index in [1.54, 1.807) is 30.0 Å². The number of nitrogens with zero attached hydrogens (tertiary/aromatic N) is 3. The number of benzene rings is 2. The highest BCUT2D eigenvalue weighted by molar-refractivity contribution is 5.83. The zero-order chi connectivity index (χ0) is 21.8. The molecule has 0 unspecified atom stereocenters. The smallest absolute Gasteiger partial charge is 0.344 e. The fraction of sp³-hybridized carbons (Fsp3) is 0.217. The lowest BCUT2D eigenvalue weighted by Gasteiger charge is -2.12. The number of rotatable bonds is 7. The van der Waals surface area contributed by atoms with E-state index >= 15 is 0 Å². The van der Waals surface area contributed by atoms with Crippen LogP contribution < -0.4 is 10.2 Å². The molecule has 0 spiro atoms. The van der Waals surface area contributed by atoms with Gasteiger partial charge in [0.15, 0.2) is 12.4 Å². The van der Waals surface area contributed by atoms with Crippen LogP contribution in [0.25, 0.3) is 28.0 Å². The summed E-state index contributed by atoms with van der Waals surface area (Å²) in [5, 5.41) is 8.51. The number of esters is 1. The van der Waals surface area contributed by atoms with Crippen molar-refractivity contribution in [3.8, 4) is 22.8 Å². The third kappa shape index (κ3) is 4.05. The van der Waals surface area contributed by atoms with E-state index in [1.807, 2.05) is 37.3 Å². The number of carbonyl (C=O) groups excluding carboxylic acids is 1. The summed E-state index contributed by atoms with van der Waals surface area (Å²) in [5.41, 5.74) is 2.05. The van der Waals surface area contributed by atoms with Gasteiger partial charge in [0.05, 0.1) is 12.0 Å². The monoisotopic (exact) mass is 419 g/mol. The van der Waals surface area contributed by atoms with Crippen LogP contribution in [0.5, 0.6) is 5.75 Å². The van der Waals surface area contributed by atoms with E-state index in [0.717, 1.165) is 11.3 Å². The number of para-hydroxylation sites is 1. The predicted molar refractivity (Wildman–Crippen MR) is 114 cm³/mol. The van der Waals surface area contributed by atoms with Crippen LogP contribution in [0, 0.1) is 0 Å². The number of hydrogen-bond donors (Lipinski definition) is 0.